The van der Waals surface area contributed by atoms with Gasteiger partial charge in [-0.2, -0.15) is 0 Å². The number of carbonyl (C=O) groups is 2. The van der Waals surface area contributed by atoms with Crippen LogP contribution in [0.15, 0.2) is 76.1 Å². The SMILES string of the molecule is CC[C@@H](C(=O)NC(C)(C)C)N(Cc1ccc(OC)cc1)C(=O)CN(c1ccc(C)cc1)S(=O)(=O)c1ccc(OC)c(Br)c1. The van der Waals surface area contributed by atoms with Gasteiger partial charge in [-0.1, -0.05) is 36.8 Å². The van der Waals surface area contributed by atoms with E-state index in [1.807, 2.05) is 46.8 Å². The molecule has 1 N–H and O–H groups in total. The molecule has 9 nitrogen and oxygen atoms in total. The van der Waals surface area contributed by atoms with Crippen LogP contribution in [0, 0.1) is 6.92 Å². The number of nitrogens with one attached hydrogen (secondary N) is 1. The average Bonchev–Trinajstić information content (AvgIpc) is 2.95. The Morgan fingerprint density at radius 2 is 1.58 bits per heavy atom. The third kappa shape index (κ3) is 8.73. The Bertz CT molecular complexity index is 1520. The van der Waals surface area contributed by atoms with E-state index in [4.69, 9.17) is 9.47 Å². The molecule has 0 aliphatic carbocycles. The average molecular weight is 675 g/mol. The van der Waals surface area contributed by atoms with Crippen molar-refractivity contribution < 1.29 is 27.5 Å². The standard InChI is InChI=1S/C32H40BrN3O6S/c1-8-28(31(38)34-32(3,4)5)35(20-23-11-15-25(41-6)16-12-23)30(37)21-36(24-13-9-22(2)10-14-24)43(39,40)26-17-18-29(42-7)27(33)19-26/h9-19,28H,8,20-21H2,1-7H3,(H,34,38)/t28-/m0/s1. The Morgan fingerprint density at radius 1 is 0.953 bits per heavy atom. The first-order chi connectivity index (χ1) is 20.2. The number of anilines is 1. The lowest BCUT2D eigenvalue weighted by Crippen LogP contribution is -2.55. The number of carbonyl (C=O) groups excluding carboxylic acids is 2. The Hall–Kier alpha value is -3.57. The van der Waals surface area contributed by atoms with Crippen LogP contribution in [-0.2, 0) is 26.2 Å². The number of methoxy groups -OCH3 is 2. The van der Waals surface area contributed by atoms with Gasteiger partial charge in [0.1, 0.15) is 24.1 Å². The van der Waals surface area contributed by atoms with Crippen molar-refractivity contribution in [1.29, 1.82) is 0 Å². The van der Waals surface area contributed by atoms with Crippen LogP contribution in [0.2, 0.25) is 0 Å². The number of nitrogens with zero attached hydrogens (tertiary/aromatic N) is 2. The van der Waals surface area contributed by atoms with Gasteiger partial charge in [0.25, 0.3) is 10.0 Å². The summed E-state index contributed by atoms with van der Waals surface area (Å²) in [6.07, 6.45) is 0.326. The van der Waals surface area contributed by atoms with Crippen molar-refractivity contribution in [3.8, 4) is 11.5 Å². The summed E-state index contributed by atoms with van der Waals surface area (Å²) in [4.78, 5) is 29.1. The molecule has 3 aromatic carbocycles. The van der Waals surface area contributed by atoms with Crippen LogP contribution in [0.5, 0.6) is 11.5 Å². The van der Waals surface area contributed by atoms with Crippen molar-refractivity contribution >= 4 is 43.5 Å². The minimum absolute atomic E-state index is 0.0206. The van der Waals surface area contributed by atoms with Gasteiger partial charge >= 0.3 is 0 Å². The first-order valence-corrected chi connectivity index (χ1v) is 16.1. The molecule has 0 bridgehead atoms. The lowest BCUT2D eigenvalue weighted by molar-refractivity contribution is -0.141. The van der Waals surface area contributed by atoms with Crippen LogP contribution in [-0.4, -0.2) is 57.5 Å². The molecule has 232 valence electrons. The van der Waals surface area contributed by atoms with E-state index in [-0.39, 0.29) is 17.3 Å². The van der Waals surface area contributed by atoms with Crippen molar-refractivity contribution in [3.63, 3.8) is 0 Å². The van der Waals surface area contributed by atoms with Crippen LogP contribution >= 0.6 is 15.9 Å². The lowest BCUT2D eigenvalue weighted by atomic mass is 10.1. The van der Waals surface area contributed by atoms with Crippen LogP contribution in [0.3, 0.4) is 0 Å². The molecule has 0 heterocycles. The van der Waals surface area contributed by atoms with Gasteiger partial charge in [0.2, 0.25) is 11.8 Å². The van der Waals surface area contributed by atoms with E-state index >= 15 is 0 Å². The number of benzene rings is 3. The molecule has 0 aliphatic rings. The molecule has 1 atom stereocenters. The fourth-order valence-electron chi connectivity index (χ4n) is 4.47. The molecule has 0 unspecified atom stereocenters. The van der Waals surface area contributed by atoms with Crippen molar-refractivity contribution in [3.05, 3.63) is 82.3 Å². The van der Waals surface area contributed by atoms with Gasteiger partial charge < -0.3 is 19.7 Å². The van der Waals surface area contributed by atoms with E-state index in [2.05, 4.69) is 21.2 Å². The minimum Gasteiger partial charge on any atom is -0.497 e. The van der Waals surface area contributed by atoms with Gasteiger partial charge in [-0.05, 0) is 98.1 Å². The number of ether oxygens (including phenoxy) is 2. The number of amides is 2. The number of sulfonamides is 1. The highest BCUT2D eigenvalue weighted by Gasteiger charge is 2.34. The van der Waals surface area contributed by atoms with Gasteiger partial charge in [-0.25, -0.2) is 8.42 Å². The third-order valence-corrected chi connectivity index (χ3v) is 9.10. The van der Waals surface area contributed by atoms with Crippen molar-refractivity contribution in [1.82, 2.24) is 10.2 Å². The molecule has 0 spiro atoms. The smallest absolute Gasteiger partial charge is 0.264 e. The molecule has 2 amide bonds. The number of hydrogen-bond donors (Lipinski definition) is 1. The molecule has 0 aliphatic heterocycles. The Morgan fingerprint density at radius 3 is 2.09 bits per heavy atom. The molecular formula is C32H40BrN3O6S. The second-order valence-corrected chi connectivity index (χ2v) is 13.9. The second-order valence-electron chi connectivity index (χ2n) is 11.2. The quantitative estimate of drug-likeness (QED) is 0.265. The van der Waals surface area contributed by atoms with Gasteiger partial charge in [0.15, 0.2) is 0 Å². The Labute approximate surface area is 263 Å². The molecule has 11 heteroatoms. The molecule has 0 aromatic heterocycles. The topological polar surface area (TPSA) is 105 Å². The zero-order valence-electron chi connectivity index (χ0n) is 25.7. The third-order valence-electron chi connectivity index (χ3n) is 6.71. The van der Waals surface area contributed by atoms with Crippen molar-refractivity contribution in [2.24, 2.45) is 0 Å². The maximum Gasteiger partial charge on any atom is 0.264 e. The van der Waals surface area contributed by atoms with E-state index in [9.17, 15) is 18.0 Å². The Kier molecular flexibility index (Phi) is 11.3. The predicted molar refractivity (Wildman–Crippen MR) is 172 cm³/mol. The van der Waals surface area contributed by atoms with Crippen molar-refractivity contribution in [2.45, 2.75) is 64.1 Å². The molecule has 43 heavy (non-hydrogen) atoms. The highest BCUT2D eigenvalue weighted by atomic mass is 79.9. The number of rotatable bonds is 12. The van der Waals surface area contributed by atoms with Crippen LogP contribution in [0.1, 0.15) is 45.2 Å². The van der Waals surface area contributed by atoms with E-state index in [1.54, 1.807) is 49.6 Å². The fourth-order valence-corrected chi connectivity index (χ4v) is 6.61. The minimum atomic E-state index is -4.22. The highest BCUT2D eigenvalue weighted by molar-refractivity contribution is 9.10. The van der Waals surface area contributed by atoms with Gasteiger partial charge in [-0.3, -0.25) is 13.9 Å². The zero-order valence-corrected chi connectivity index (χ0v) is 28.1. The number of halogens is 1. The van der Waals surface area contributed by atoms with Gasteiger partial charge in [0.05, 0.1) is 29.3 Å². The molecule has 0 saturated carbocycles. The highest BCUT2D eigenvalue weighted by Crippen LogP contribution is 2.31. The monoisotopic (exact) mass is 673 g/mol. The summed E-state index contributed by atoms with van der Waals surface area (Å²) in [5.74, 6) is 0.281. The summed E-state index contributed by atoms with van der Waals surface area (Å²) in [7, 11) is -1.17. The van der Waals surface area contributed by atoms with Gasteiger partial charge in [0, 0.05) is 12.1 Å². The normalized spacial score (nSPS) is 12.3. The van der Waals surface area contributed by atoms with E-state index in [0.29, 0.717) is 28.1 Å². The predicted octanol–water partition coefficient (Wildman–Crippen LogP) is 5.69. The summed E-state index contributed by atoms with van der Waals surface area (Å²) in [6.45, 7) is 8.89. The molecular weight excluding hydrogens is 634 g/mol. The largest absolute Gasteiger partial charge is 0.497 e. The summed E-state index contributed by atoms with van der Waals surface area (Å²) in [5.41, 5.74) is 1.49. The van der Waals surface area contributed by atoms with E-state index in [0.717, 1.165) is 15.4 Å². The summed E-state index contributed by atoms with van der Waals surface area (Å²) >= 11 is 3.37. The van der Waals surface area contributed by atoms with Crippen LogP contribution in [0.4, 0.5) is 5.69 Å². The van der Waals surface area contributed by atoms with Gasteiger partial charge in [-0.15, -0.1) is 0 Å². The first kappa shape index (κ1) is 33.9. The number of hydrogen-bond acceptors (Lipinski definition) is 6. The molecule has 3 aromatic rings. The Balaban J connectivity index is 2.09. The summed E-state index contributed by atoms with van der Waals surface area (Å²) < 4.78 is 40.3. The summed E-state index contributed by atoms with van der Waals surface area (Å²) in [5, 5.41) is 2.97. The maximum absolute atomic E-state index is 14.2. The van der Waals surface area contributed by atoms with Crippen molar-refractivity contribution in [2.75, 3.05) is 25.1 Å². The lowest BCUT2D eigenvalue weighted by Gasteiger charge is -2.34. The maximum atomic E-state index is 14.2. The molecule has 0 saturated heterocycles. The first-order valence-electron chi connectivity index (χ1n) is 13.9. The van der Waals surface area contributed by atoms with Crippen LogP contribution < -0.4 is 19.1 Å². The fraction of sp³-hybridized carbons (Fsp3) is 0.375. The molecule has 3 rings (SSSR count). The molecule has 0 radical (unpaired) electrons. The zero-order chi connectivity index (χ0) is 31.9. The van der Waals surface area contributed by atoms with E-state index < -0.39 is 34.1 Å². The summed E-state index contributed by atoms with van der Waals surface area (Å²) in [6, 6.07) is 17.7. The van der Waals surface area contributed by atoms with E-state index in [1.165, 1.54) is 24.1 Å². The molecule has 0 fully saturated rings. The number of aryl methyl sites for hydroxylation is 1. The van der Waals surface area contributed by atoms with Crippen LogP contribution in [0.25, 0.3) is 0 Å². The second kappa shape index (κ2) is 14.3.